The molecule has 4 rings (SSSR count). The van der Waals surface area contributed by atoms with Crippen LogP contribution >= 0.6 is 0 Å². The van der Waals surface area contributed by atoms with Crippen LogP contribution in [0.15, 0.2) is 6.33 Å². The van der Waals surface area contributed by atoms with E-state index in [0.29, 0.717) is 5.92 Å². The first-order chi connectivity index (χ1) is 11.3. The Morgan fingerprint density at radius 1 is 1.39 bits per heavy atom. The molecule has 2 aliphatic rings. The second-order valence-corrected chi connectivity index (χ2v) is 6.38. The molecule has 0 bridgehead atoms. The van der Waals surface area contributed by atoms with Gasteiger partial charge in [-0.2, -0.15) is 10.2 Å². The summed E-state index contributed by atoms with van der Waals surface area (Å²) >= 11 is 0. The lowest BCUT2D eigenvalue weighted by atomic mass is 10.2. The zero-order valence-corrected chi connectivity index (χ0v) is 13.6. The third-order valence-corrected chi connectivity index (χ3v) is 4.82. The van der Waals surface area contributed by atoms with Crippen LogP contribution < -0.4 is 0 Å². The molecule has 8 heteroatoms. The van der Waals surface area contributed by atoms with Crippen molar-refractivity contribution < 1.29 is 4.74 Å². The third kappa shape index (κ3) is 2.88. The standard InChI is InChI=1S/C15H23N7O/c1-3-22-13(16-9-17-22)8-21-7-11(23-2)6-12(21)15-18-14(19-20-15)10-4-5-10/h9-12H,3-8H2,1-2H3,(H,18,19,20)/t11-,12+/m1/s1. The summed E-state index contributed by atoms with van der Waals surface area (Å²) < 4.78 is 7.53. The fraction of sp³-hybridized carbons (Fsp3) is 0.733. The summed E-state index contributed by atoms with van der Waals surface area (Å²) in [7, 11) is 1.77. The summed E-state index contributed by atoms with van der Waals surface area (Å²) in [6.07, 6.45) is 5.19. The largest absolute Gasteiger partial charge is 0.380 e. The summed E-state index contributed by atoms with van der Waals surface area (Å²) in [4.78, 5) is 11.5. The molecule has 3 heterocycles. The molecule has 0 amide bonds. The average Bonchev–Trinajstić information content (AvgIpc) is 3.01. The summed E-state index contributed by atoms with van der Waals surface area (Å²) in [6, 6.07) is 0.196. The quantitative estimate of drug-likeness (QED) is 0.863. The van der Waals surface area contributed by atoms with Crippen molar-refractivity contribution in [2.45, 2.75) is 57.3 Å². The lowest BCUT2D eigenvalue weighted by molar-refractivity contribution is 0.106. The van der Waals surface area contributed by atoms with Crippen molar-refractivity contribution in [2.75, 3.05) is 13.7 Å². The number of aromatic amines is 1. The molecular formula is C15H23N7O. The molecule has 124 valence electrons. The number of methoxy groups -OCH3 is 1. The van der Waals surface area contributed by atoms with Crippen LogP contribution in [-0.4, -0.2) is 54.6 Å². The smallest absolute Gasteiger partial charge is 0.153 e. The molecule has 0 aromatic carbocycles. The van der Waals surface area contributed by atoms with Crippen LogP contribution in [0.2, 0.25) is 0 Å². The molecule has 0 unspecified atom stereocenters. The van der Waals surface area contributed by atoms with Crippen LogP contribution in [0.5, 0.6) is 0 Å². The SMILES string of the molecule is CCn1ncnc1CN1C[C@H](OC)C[C@H]1c1nc(C2CC2)n[nH]1. The predicted octanol–water partition coefficient (Wildman–Crippen LogP) is 1.26. The van der Waals surface area contributed by atoms with E-state index < -0.39 is 0 Å². The number of nitrogens with zero attached hydrogens (tertiary/aromatic N) is 6. The van der Waals surface area contributed by atoms with Gasteiger partial charge in [0.2, 0.25) is 0 Å². The zero-order chi connectivity index (χ0) is 15.8. The van der Waals surface area contributed by atoms with E-state index in [1.807, 2.05) is 4.68 Å². The van der Waals surface area contributed by atoms with Crippen molar-refractivity contribution in [3.8, 4) is 0 Å². The Kier molecular flexibility index (Phi) is 3.86. The molecule has 0 spiro atoms. The van der Waals surface area contributed by atoms with Crippen LogP contribution in [0, 0.1) is 0 Å². The van der Waals surface area contributed by atoms with Gasteiger partial charge < -0.3 is 4.74 Å². The number of hydrogen-bond acceptors (Lipinski definition) is 6. The first-order valence-corrected chi connectivity index (χ1v) is 8.34. The number of aryl methyl sites for hydroxylation is 1. The monoisotopic (exact) mass is 317 g/mol. The number of ether oxygens (including phenoxy) is 1. The van der Waals surface area contributed by atoms with E-state index in [1.165, 1.54) is 12.8 Å². The molecule has 1 N–H and O–H groups in total. The molecule has 2 fully saturated rings. The zero-order valence-electron chi connectivity index (χ0n) is 13.6. The molecular weight excluding hydrogens is 294 g/mol. The fourth-order valence-corrected chi connectivity index (χ4v) is 3.31. The minimum atomic E-state index is 0.196. The summed E-state index contributed by atoms with van der Waals surface area (Å²) in [5, 5.41) is 11.8. The molecule has 2 aromatic rings. The van der Waals surface area contributed by atoms with Crippen molar-refractivity contribution in [2.24, 2.45) is 0 Å². The van der Waals surface area contributed by atoms with Crippen LogP contribution in [0.4, 0.5) is 0 Å². The van der Waals surface area contributed by atoms with Gasteiger partial charge in [-0.05, 0) is 26.2 Å². The van der Waals surface area contributed by atoms with E-state index in [0.717, 1.165) is 43.5 Å². The van der Waals surface area contributed by atoms with Gasteiger partial charge in [0.1, 0.15) is 18.0 Å². The second kappa shape index (κ2) is 6.01. The molecule has 0 radical (unpaired) electrons. The summed E-state index contributed by atoms with van der Waals surface area (Å²) in [5.41, 5.74) is 0. The van der Waals surface area contributed by atoms with E-state index in [4.69, 9.17) is 9.72 Å². The van der Waals surface area contributed by atoms with E-state index in [9.17, 15) is 0 Å². The second-order valence-electron chi connectivity index (χ2n) is 6.38. The Labute approximate surface area is 135 Å². The van der Waals surface area contributed by atoms with Crippen LogP contribution in [0.25, 0.3) is 0 Å². The van der Waals surface area contributed by atoms with Crippen molar-refractivity contribution in [1.29, 1.82) is 0 Å². The Morgan fingerprint density at radius 3 is 3.00 bits per heavy atom. The molecule has 1 saturated heterocycles. The van der Waals surface area contributed by atoms with Crippen LogP contribution in [-0.2, 0) is 17.8 Å². The summed E-state index contributed by atoms with van der Waals surface area (Å²) in [5.74, 6) is 3.47. The van der Waals surface area contributed by atoms with Gasteiger partial charge in [-0.3, -0.25) is 10.00 Å². The first kappa shape index (κ1) is 14.8. The molecule has 1 aliphatic heterocycles. The molecule has 1 aliphatic carbocycles. The molecule has 2 aromatic heterocycles. The van der Waals surface area contributed by atoms with E-state index >= 15 is 0 Å². The first-order valence-electron chi connectivity index (χ1n) is 8.34. The third-order valence-electron chi connectivity index (χ3n) is 4.82. The minimum Gasteiger partial charge on any atom is -0.380 e. The van der Waals surface area contributed by atoms with Crippen LogP contribution in [0.3, 0.4) is 0 Å². The van der Waals surface area contributed by atoms with E-state index in [1.54, 1.807) is 13.4 Å². The van der Waals surface area contributed by atoms with Crippen LogP contribution in [0.1, 0.15) is 55.6 Å². The van der Waals surface area contributed by atoms with Crippen molar-refractivity contribution in [3.05, 3.63) is 23.8 Å². The van der Waals surface area contributed by atoms with Gasteiger partial charge in [-0.1, -0.05) is 0 Å². The lowest BCUT2D eigenvalue weighted by Crippen LogP contribution is -2.27. The van der Waals surface area contributed by atoms with Crippen molar-refractivity contribution >= 4 is 0 Å². The van der Waals surface area contributed by atoms with Gasteiger partial charge in [0.15, 0.2) is 5.82 Å². The molecule has 23 heavy (non-hydrogen) atoms. The maximum Gasteiger partial charge on any atom is 0.153 e. The molecule has 2 atom stereocenters. The molecule has 8 nitrogen and oxygen atoms in total. The highest BCUT2D eigenvalue weighted by molar-refractivity contribution is 5.09. The number of nitrogens with one attached hydrogen (secondary N) is 1. The highest BCUT2D eigenvalue weighted by Crippen LogP contribution is 2.39. The minimum absolute atomic E-state index is 0.196. The number of hydrogen-bond donors (Lipinski definition) is 1. The lowest BCUT2D eigenvalue weighted by Gasteiger charge is -2.21. The van der Waals surface area contributed by atoms with Crippen molar-refractivity contribution in [3.63, 3.8) is 0 Å². The van der Waals surface area contributed by atoms with E-state index in [2.05, 4.69) is 32.1 Å². The number of rotatable bonds is 6. The Bertz CT molecular complexity index is 662. The van der Waals surface area contributed by atoms with Crippen molar-refractivity contribution in [1.82, 2.24) is 34.8 Å². The fourth-order valence-electron chi connectivity index (χ4n) is 3.31. The maximum absolute atomic E-state index is 5.59. The number of aromatic nitrogens is 6. The van der Waals surface area contributed by atoms with Gasteiger partial charge in [0, 0.05) is 26.1 Å². The predicted molar refractivity (Wildman–Crippen MR) is 82.6 cm³/mol. The number of likely N-dealkylation sites (tertiary alicyclic amines) is 1. The Morgan fingerprint density at radius 2 is 2.26 bits per heavy atom. The topological polar surface area (TPSA) is 84.8 Å². The highest BCUT2D eigenvalue weighted by Gasteiger charge is 2.37. The van der Waals surface area contributed by atoms with Gasteiger partial charge in [0.05, 0.1) is 18.7 Å². The summed E-state index contributed by atoms with van der Waals surface area (Å²) in [6.45, 7) is 4.53. The van der Waals surface area contributed by atoms with Gasteiger partial charge in [-0.15, -0.1) is 0 Å². The molecule has 1 saturated carbocycles. The maximum atomic E-state index is 5.59. The van der Waals surface area contributed by atoms with Gasteiger partial charge in [-0.25, -0.2) is 14.6 Å². The Hall–Kier alpha value is -1.80. The number of H-pyrrole nitrogens is 1. The highest BCUT2D eigenvalue weighted by atomic mass is 16.5. The average molecular weight is 317 g/mol. The van der Waals surface area contributed by atoms with E-state index in [-0.39, 0.29) is 12.1 Å². The van der Waals surface area contributed by atoms with Gasteiger partial charge >= 0.3 is 0 Å². The normalized spacial score (nSPS) is 25.3. The Balaban J connectivity index is 1.54. The van der Waals surface area contributed by atoms with Gasteiger partial charge in [0.25, 0.3) is 0 Å².